The molecule has 1 saturated carbocycles. The van der Waals surface area contributed by atoms with Crippen LogP contribution in [-0.2, 0) is 4.74 Å². The SMILES string of the molecule is Nc1cccc(C(=O)N2CCOC3CCCCC32)c1. The van der Waals surface area contributed by atoms with Crippen LogP contribution in [0.4, 0.5) is 5.69 Å². The maximum Gasteiger partial charge on any atom is 0.254 e. The molecule has 2 aliphatic rings. The van der Waals surface area contributed by atoms with Crippen LogP contribution in [0.3, 0.4) is 0 Å². The molecule has 0 bridgehead atoms. The molecule has 2 N–H and O–H groups in total. The predicted octanol–water partition coefficient (Wildman–Crippen LogP) is 2.05. The number of nitrogen functional groups attached to an aromatic ring is 1. The van der Waals surface area contributed by atoms with E-state index in [-0.39, 0.29) is 18.1 Å². The molecule has 2 atom stereocenters. The van der Waals surface area contributed by atoms with Gasteiger partial charge in [-0.05, 0) is 31.0 Å². The van der Waals surface area contributed by atoms with Gasteiger partial charge in [-0.1, -0.05) is 18.9 Å². The Morgan fingerprint density at radius 3 is 3.00 bits per heavy atom. The van der Waals surface area contributed by atoms with Gasteiger partial charge in [0, 0.05) is 17.8 Å². The second kappa shape index (κ2) is 5.21. The molecule has 0 spiro atoms. The summed E-state index contributed by atoms with van der Waals surface area (Å²) in [6.07, 6.45) is 4.75. The normalized spacial score (nSPS) is 26.8. The second-order valence-electron chi connectivity index (χ2n) is 5.39. The number of fused-ring (bicyclic) bond motifs is 1. The van der Waals surface area contributed by atoms with Gasteiger partial charge in [-0.3, -0.25) is 4.79 Å². The van der Waals surface area contributed by atoms with Crippen molar-refractivity contribution in [2.24, 2.45) is 0 Å². The molecule has 4 nitrogen and oxygen atoms in total. The van der Waals surface area contributed by atoms with Crippen molar-refractivity contribution in [2.45, 2.75) is 37.8 Å². The first-order valence-electron chi connectivity index (χ1n) is 7.04. The van der Waals surface area contributed by atoms with E-state index in [1.165, 1.54) is 12.8 Å². The Kier molecular flexibility index (Phi) is 3.42. The number of ether oxygens (including phenoxy) is 1. The quantitative estimate of drug-likeness (QED) is 0.786. The first kappa shape index (κ1) is 12.5. The summed E-state index contributed by atoms with van der Waals surface area (Å²) in [4.78, 5) is 14.6. The lowest BCUT2D eigenvalue weighted by Crippen LogP contribution is -2.54. The Morgan fingerprint density at radius 2 is 2.16 bits per heavy atom. The fourth-order valence-electron chi connectivity index (χ4n) is 3.19. The summed E-state index contributed by atoms with van der Waals surface area (Å²) in [6, 6.07) is 7.49. The number of carbonyl (C=O) groups excluding carboxylic acids is 1. The van der Waals surface area contributed by atoms with Crippen molar-refractivity contribution in [3.05, 3.63) is 29.8 Å². The molecule has 102 valence electrons. The van der Waals surface area contributed by atoms with Crippen LogP contribution in [0.5, 0.6) is 0 Å². The molecule has 1 aromatic carbocycles. The first-order chi connectivity index (χ1) is 9.25. The van der Waals surface area contributed by atoms with Gasteiger partial charge in [-0.2, -0.15) is 0 Å². The minimum Gasteiger partial charge on any atom is -0.399 e. The highest BCUT2D eigenvalue weighted by Gasteiger charge is 2.36. The zero-order valence-corrected chi connectivity index (χ0v) is 11.0. The third-order valence-electron chi connectivity index (χ3n) is 4.13. The lowest BCUT2D eigenvalue weighted by molar-refractivity contribution is -0.0752. The number of hydrogen-bond acceptors (Lipinski definition) is 3. The second-order valence-corrected chi connectivity index (χ2v) is 5.39. The number of hydrogen-bond donors (Lipinski definition) is 1. The Balaban J connectivity index is 1.82. The van der Waals surface area contributed by atoms with Crippen LogP contribution in [0.1, 0.15) is 36.0 Å². The summed E-state index contributed by atoms with van der Waals surface area (Å²) >= 11 is 0. The van der Waals surface area contributed by atoms with Gasteiger partial charge in [0.05, 0.1) is 18.8 Å². The molecule has 2 unspecified atom stereocenters. The number of morpholine rings is 1. The van der Waals surface area contributed by atoms with Gasteiger partial charge in [0.2, 0.25) is 0 Å². The minimum atomic E-state index is 0.0903. The van der Waals surface area contributed by atoms with Crippen molar-refractivity contribution >= 4 is 11.6 Å². The lowest BCUT2D eigenvalue weighted by Gasteiger charge is -2.43. The summed E-state index contributed by atoms with van der Waals surface area (Å²) in [5.74, 6) is 0.0903. The topological polar surface area (TPSA) is 55.6 Å². The van der Waals surface area contributed by atoms with E-state index in [1.54, 1.807) is 12.1 Å². The van der Waals surface area contributed by atoms with Gasteiger partial charge in [0.1, 0.15) is 0 Å². The lowest BCUT2D eigenvalue weighted by atomic mass is 9.89. The summed E-state index contributed by atoms with van der Waals surface area (Å²) in [7, 11) is 0. The Hall–Kier alpha value is -1.55. The fraction of sp³-hybridized carbons (Fsp3) is 0.533. The molecule has 19 heavy (non-hydrogen) atoms. The van der Waals surface area contributed by atoms with Gasteiger partial charge < -0.3 is 15.4 Å². The van der Waals surface area contributed by atoms with E-state index in [2.05, 4.69) is 0 Å². The third-order valence-corrected chi connectivity index (χ3v) is 4.13. The molecule has 1 heterocycles. The monoisotopic (exact) mass is 260 g/mol. The summed E-state index contributed by atoms with van der Waals surface area (Å²) < 4.78 is 5.80. The van der Waals surface area contributed by atoms with Crippen LogP contribution in [0, 0.1) is 0 Å². The third kappa shape index (κ3) is 2.45. The van der Waals surface area contributed by atoms with E-state index >= 15 is 0 Å². The summed E-state index contributed by atoms with van der Waals surface area (Å²) in [5.41, 5.74) is 7.09. The van der Waals surface area contributed by atoms with Crippen LogP contribution in [0.25, 0.3) is 0 Å². The van der Waals surface area contributed by atoms with E-state index < -0.39 is 0 Å². The average Bonchev–Trinajstić information content (AvgIpc) is 2.46. The van der Waals surface area contributed by atoms with Crippen molar-refractivity contribution in [3.63, 3.8) is 0 Å². The van der Waals surface area contributed by atoms with E-state index in [1.807, 2.05) is 17.0 Å². The molecule has 1 aromatic rings. The van der Waals surface area contributed by atoms with Gasteiger partial charge >= 0.3 is 0 Å². The molecule has 4 heteroatoms. The average molecular weight is 260 g/mol. The Bertz CT molecular complexity index is 473. The van der Waals surface area contributed by atoms with Crippen molar-refractivity contribution < 1.29 is 9.53 Å². The smallest absolute Gasteiger partial charge is 0.254 e. The molecule has 0 radical (unpaired) electrons. The summed E-state index contributed by atoms with van der Waals surface area (Å²) in [5, 5.41) is 0. The van der Waals surface area contributed by atoms with E-state index in [4.69, 9.17) is 10.5 Å². The highest BCUT2D eigenvalue weighted by Crippen LogP contribution is 2.29. The van der Waals surface area contributed by atoms with Gasteiger partial charge in [0.15, 0.2) is 0 Å². The highest BCUT2D eigenvalue weighted by molar-refractivity contribution is 5.95. The molecular weight excluding hydrogens is 240 g/mol. The zero-order chi connectivity index (χ0) is 13.2. The van der Waals surface area contributed by atoms with E-state index in [9.17, 15) is 4.79 Å². The van der Waals surface area contributed by atoms with Crippen LogP contribution >= 0.6 is 0 Å². The molecule has 0 aromatic heterocycles. The predicted molar refractivity (Wildman–Crippen MR) is 73.9 cm³/mol. The van der Waals surface area contributed by atoms with Crippen molar-refractivity contribution in [2.75, 3.05) is 18.9 Å². The van der Waals surface area contributed by atoms with E-state index in [0.717, 1.165) is 12.8 Å². The number of carbonyl (C=O) groups is 1. The van der Waals surface area contributed by atoms with Crippen LogP contribution in [-0.4, -0.2) is 36.1 Å². The number of benzene rings is 1. The zero-order valence-electron chi connectivity index (χ0n) is 11.0. The van der Waals surface area contributed by atoms with Crippen molar-refractivity contribution in [3.8, 4) is 0 Å². The maximum atomic E-state index is 12.6. The molecule has 3 rings (SSSR count). The van der Waals surface area contributed by atoms with Crippen molar-refractivity contribution in [1.82, 2.24) is 4.90 Å². The Labute approximate surface area is 113 Å². The van der Waals surface area contributed by atoms with Gasteiger partial charge in [-0.15, -0.1) is 0 Å². The largest absolute Gasteiger partial charge is 0.399 e. The number of rotatable bonds is 1. The molecule has 1 aliphatic carbocycles. The van der Waals surface area contributed by atoms with Crippen LogP contribution < -0.4 is 5.73 Å². The molecule has 1 aliphatic heterocycles. The van der Waals surface area contributed by atoms with Crippen LogP contribution in [0.2, 0.25) is 0 Å². The van der Waals surface area contributed by atoms with Gasteiger partial charge in [0.25, 0.3) is 5.91 Å². The van der Waals surface area contributed by atoms with Gasteiger partial charge in [-0.25, -0.2) is 0 Å². The van der Waals surface area contributed by atoms with E-state index in [0.29, 0.717) is 24.4 Å². The minimum absolute atomic E-state index is 0.0903. The first-order valence-corrected chi connectivity index (χ1v) is 7.04. The number of nitrogens with two attached hydrogens (primary N) is 1. The molecule has 1 amide bonds. The molecule has 1 saturated heterocycles. The summed E-state index contributed by atoms with van der Waals surface area (Å²) in [6.45, 7) is 1.34. The standard InChI is InChI=1S/C15H20N2O2/c16-12-5-3-4-11(10-12)15(18)17-8-9-19-14-7-2-1-6-13(14)17/h3-5,10,13-14H,1-2,6-9,16H2. The fourth-order valence-corrected chi connectivity index (χ4v) is 3.19. The molecule has 2 fully saturated rings. The van der Waals surface area contributed by atoms with Crippen LogP contribution in [0.15, 0.2) is 24.3 Å². The number of amides is 1. The number of nitrogens with zero attached hydrogens (tertiary/aromatic N) is 1. The Morgan fingerprint density at radius 1 is 1.32 bits per heavy atom. The van der Waals surface area contributed by atoms with Crippen molar-refractivity contribution in [1.29, 1.82) is 0 Å². The molecular formula is C15H20N2O2. The highest BCUT2D eigenvalue weighted by atomic mass is 16.5. The maximum absolute atomic E-state index is 12.6. The number of anilines is 1.